The fourth-order valence-corrected chi connectivity index (χ4v) is 1.86. The van der Waals surface area contributed by atoms with Crippen LogP contribution >= 0.6 is 11.6 Å². The highest BCUT2D eigenvalue weighted by Gasteiger charge is 2.32. The van der Waals surface area contributed by atoms with Crippen LogP contribution in [0.25, 0.3) is 11.0 Å². The van der Waals surface area contributed by atoms with Crippen LogP contribution in [-0.4, -0.2) is 5.78 Å². The molecule has 0 amide bonds. The molecule has 0 atom stereocenters. The number of halogens is 1. The lowest BCUT2D eigenvalue weighted by Gasteiger charge is -1.89. The summed E-state index contributed by atoms with van der Waals surface area (Å²) in [4.78, 5) is 11.7. The Hall–Kier alpha value is -1.28. The summed E-state index contributed by atoms with van der Waals surface area (Å²) in [5, 5.41) is 1.56. The molecule has 0 spiro atoms. The van der Waals surface area contributed by atoms with Crippen molar-refractivity contribution in [3.8, 4) is 0 Å². The van der Waals surface area contributed by atoms with Gasteiger partial charge in [0, 0.05) is 16.3 Å². The van der Waals surface area contributed by atoms with E-state index in [9.17, 15) is 4.79 Å². The third-order valence-corrected chi connectivity index (χ3v) is 2.90. The van der Waals surface area contributed by atoms with Crippen molar-refractivity contribution in [2.24, 2.45) is 5.92 Å². The Balaban J connectivity index is 2.09. The number of hydrogen-bond acceptors (Lipinski definition) is 2. The second-order valence-corrected chi connectivity index (χ2v) is 4.37. The number of furan rings is 1. The molecule has 15 heavy (non-hydrogen) atoms. The third kappa shape index (κ3) is 1.55. The first-order chi connectivity index (χ1) is 7.24. The molecule has 0 radical (unpaired) electrons. The number of benzene rings is 1. The number of carbonyl (C=O) groups excluding carboxylic acids is 1. The second-order valence-electron chi connectivity index (χ2n) is 3.93. The van der Waals surface area contributed by atoms with E-state index in [1.54, 1.807) is 18.2 Å². The Labute approximate surface area is 91.8 Å². The lowest BCUT2D eigenvalue weighted by molar-refractivity contribution is 0.0942. The van der Waals surface area contributed by atoms with Crippen LogP contribution in [0.15, 0.2) is 28.7 Å². The van der Waals surface area contributed by atoms with Gasteiger partial charge in [0.25, 0.3) is 0 Å². The number of rotatable bonds is 2. The van der Waals surface area contributed by atoms with Crippen molar-refractivity contribution in [2.75, 3.05) is 0 Å². The molecule has 0 unspecified atom stereocenters. The number of carbonyl (C=O) groups is 1. The van der Waals surface area contributed by atoms with Gasteiger partial charge < -0.3 is 4.42 Å². The van der Waals surface area contributed by atoms with Crippen molar-refractivity contribution >= 4 is 28.4 Å². The average molecular weight is 221 g/mol. The van der Waals surface area contributed by atoms with Crippen LogP contribution in [0.1, 0.15) is 23.4 Å². The van der Waals surface area contributed by atoms with Crippen LogP contribution in [0.3, 0.4) is 0 Å². The van der Waals surface area contributed by atoms with Crippen LogP contribution in [-0.2, 0) is 0 Å². The SMILES string of the molecule is O=C(c1cc2cc(Cl)ccc2o1)C1CC1. The summed E-state index contributed by atoms with van der Waals surface area (Å²) in [5.41, 5.74) is 0.725. The summed E-state index contributed by atoms with van der Waals surface area (Å²) in [6.45, 7) is 0. The molecule has 1 aliphatic carbocycles. The van der Waals surface area contributed by atoms with Gasteiger partial charge in [0.2, 0.25) is 5.78 Å². The molecule has 0 aliphatic heterocycles. The van der Waals surface area contributed by atoms with Crippen LogP contribution in [0.2, 0.25) is 5.02 Å². The largest absolute Gasteiger partial charge is 0.453 e. The number of ketones is 1. The molecular formula is C12H9ClO2. The van der Waals surface area contributed by atoms with Crippen LogP contribution in [0, 0.1) is 5.92 Å². The maximum Gasteiger partial charge on any atom is 0.201 e. The maximum atomic E-state index is 11.7. The first kappa shape index (κ1) is 8.98. The highest BCUT2D eigenvalue weighted by atomic mass is 35.5. The highest BCUT2D eigenvalue weighted by molar-refractivity contribution is 6.31. The van der Waals surface area contributed by atoms with Crippen molar-refractivity contribution in [2.45, 2.75) is 12.8 Å². The lowest BCUT2D eigenvalue weighted by atomic mass is 10.2. The zero-order chi connectivity index (χ0) is 10.4. The van der Waals surface area contributed by atoms with Gasteiger partial charge in [-0.3, -0.25) is 4.79 Å². The quantitative estimate of drug-likeness (QED) is 0.723. The summed E-state index contributed by atoms with van der Waals surface area (Å²) in [7, 11) is 0. The summed E-state index contributed by atoms with van der Waals surface area (Å²) < 4.78 is 5.48. The minimum absolute atomic E-state index is 0.127. The average Bonchev–Trinajstić information content (AvgIpc) is 2.97. The minimum Gasteiger partial charge on any atom is -0.453 e. The molecule has 0 saturated heterocycles. The standard InChI is InChI=1S/C12H9ClO2/c13-9-3-4-10-8(5-9)6-11(15-10)12(14)7-1-2-7/h3-7H,1-2H2. The van der Waals surface area contributed by atoms with Gasteiger partial charge >= 0.3 is 0 Å². The van der Waals surface area contributed by atoms with E-state index < -0.39 is 0 Å². The monoisotopic (exact) mass is 220 g/mol. The first-order valence-electron chi connectivity index (χ1n) is 4.97. The van der Waals surface area contributed by atoms with Crippen LogP contribution in [0.5, 0.6) is 0 Å². The van der Waals surface area contributed by atoms with Crippen LogP contribution < -0.4 is 0 Å². The van der Waals surface area contributed by atoms with E-state index >= 15 is 0 Å². The first-order valence-corrected chi connectivity index (χ1v) is 5.35. The van der Waals surface area contributed by atoms with Gasteiger partial charge in [-0.05, 0) is 37.1 Å². The third-order valence-electron chi connectivity index (χ3n) is 2.67. The van der Waals surface area contributed by atoms with Crippen molar-refractivity contribution < 1.29 is 9.21 Å². The van der Waals surface area contributed by atoms with E-state index in [0.717, 1.165) is 23.8 Å². The summed E-state index contributed by atoms with van der Waals surface area (Å²) in [5.74, 6) is 0.790. The van der Waals surface area contributed by atoms with E-state index in [4.69, 9.17) is 16.0 Å². The molecule has 1 aliphatic rings. The van der Waals surface area contributed by atoms with E-state index in [0.29, 0.717) is 10.8 Å². The van der Waals surface area contributed by atoms with Gasteiger partial charge in [0.1, 0.15) is 5.58 Å². The smallest absolute Gasteiger partial charge is 0.201 e. The molecule has 3 rings (SSSR count). The molecule has 2 aromatic rings. The Morgan fingerprint density at radius 2 is 2.13 bits per heavy atom. The number of fused-ring (bicyclic) bond motifs is 1. The molecule has 76 valence electrons. The molecule has 1 aromatic heterocycles. The lowest BCUT2D eigenvalue weighted by Crippen LogP contribution is -1.98. The fourth-order valence-electron chi connectivity index (χ4n) is 1.68. The Bertz CT molecular complexity index is 538. The highest BCUT2D eigenvalue weighted by Crippen LogP contribution is 2.34. The molecule has 0 bridgehead atoms. The number of hydrogen-bond donors (Lipinski definition) is 0. The summed E-state index contributed by atoms with van der Waals surface area (Å²) >= 11 is 5.86. The van der Waals surface area contributed by atoms with E-state index in [2.05, 4.69) is 0 Å². The molecule has 2 nitrogen and oxygen atoms in total. The van der Waals surface area contributed by atoms with Crippen molar-refractivity contribution in [1.82, 2.24) is 0 Å². The molecule has 1 fully saturated rings. The molecule has 1 saturated carbocycles. The zero-order valence-corrected chi connectivity index (χ0v) is 8.75. The molecular weight excluding hydrogens is 212 g/mol. The predicted molar refractivity (Wildman–Crippen MR) is 58.3 cm³/mol. The second kappa shape index (κ2) is 3.11. The van der Waals surface area contributed by atoms with Gasteiger partial charge in [-0.25, -0.2) is 0 Å². The minimum atomic E-state index is 0.127. The predicted octanol–water partition coefficient (Wildman–Crippen LogP) is 3.68. The summed E-state index contributed by atoms with van der Waals surface area (Å²) in [6.07, 6.45) is 1.99. The Morgan fingerprint density at radius 1 is 1.33 bits per heavy atom. The van der Waals surface area contributed by atoms with Crippen molar-refractivity contribution in [3.63, 3.8) is 0 Å². The molecule has 0 N–H and O–H groups in total. The van der Waals surface area contributed by atoms with E-state index in [1.807, 2.05) is 6.07 Å². The van der Waals surface area contributed by atoms with Gasteiger partial charge in [-0.15, -0.1) is 0 Å². The van der Waals surface area contributed by atoms with E-state index in [1.165, 1.54) is 0 Å². The van der Waals surface area contributed by atoms with Gasteiger partial charge in [0.15, 0.2) is 5.76 Å². The van der Waals surface area contributed by atoms with Crippen molar-refractivity contribution in [3.05, 3.63) is 35.0 Å². The van der Waals surface area contributed by atoms with Crippen molar-refractivity contribution in [1.29, 1.82) is 0 Å². The topological polar surface area (TPSA) is 30.2 Å². The Morgan fingerprint density at radius 3 is 2.87 bits per heavy atom. The maximum absolute atomic E-state index is 11.7. The molecule has 1 aromatic carbocycles. The number of Topliss-reactive ketones (excluding diaryl/α,β-unsaturated/α-hetero) is 1. The normalized spacial score (nSPS) is 15.8. The van der Waals surface area contributed by atoms with Gasteiger partial charge in [-0.2, -0.15) is 0 Å². The van der Waals surface area contributed by atoms with Gasteiger partial charge in [-0.1, -0.05) is 11.6 Å². The molecule has 1 heterocycles. The van der Waals surface area contributed by atoms with E-state index in [-0.39, 0.29) is 11.7 Å². The van der Waals surface area contributed by atoms with Crippen LogP contribution in [0.4, 0.5) is 0 Å². The Kier molecular flexibility index (Phi) is 1.86. The molecule has 3 heteroatoms. The van der Waals surface area contributed by atoms with Gasteiger partial charge in [0.05, 0.1) is 0 Å². The fraction of sp³-hybridized carbons (Fsp3) is 0.250. The zero-order valence-electron chi connectivity index (χ0n) is 8.00. The summed E-state index contributed by atoms with van der Waals surface area (Å²) in [6, 6.07) is 7.14.